The van der Waals surface area contributed by atoms with Crippen LogP contribution in [-0.2, 0) is 16.8 Å². The first-order chi connectivity index (χ1) is 7.95. The topological polar surface area (TPSA) is 33.2 Å². The molecule has 2 rings (SSSR count). The van der Waals surface area contributed by atoms with Crippen LogP contribution in [0.15, 0.2) is 5.38 Å². The molecular formula is C13H20N2OS. The van der Waals surface area contributed by atoms with E-state index in [1.165, 1.54) is 10.7 Å². The maximum atomic E-state index is 11.2. The standard InChI is InChI=1S/C13H20N2OS/c1-13(2,3)11-9-17-12(14-11)8-15-6-4-10(16)5-7-15/h9H,4-8H2,1-3H3. The highest BCUT2D eigenvalue weighted by molar-refractivity contribution is 7.09. The van der Waals surface area contributed by atoms with Gasteiger partial charge in [-0.3, -0.25) is 9.69 Å². The summed E-state index contributed by atoms with van der Waals surface area (Å²) in [6.07, 6.45) is 1.41. The predicted molar refractivity (Wildman–Crippen MR) is 70.3 cm³/mol. The summed E-state index contributed by atoms with van der Waals surface area (Å²) >= 11 is 1.73. The minimum Gasteiger partial charge on any atom is -0.300 e. The molecule has 0 amide bonds. The molecule has 2 heterocycles. The van der Waals surface area contributed by atoms with E-state index in [4.69, 9.17) is 0 Å². The summed E-state index contributed by atoms with van der Waals surface area (Å²) in [4.78, 5) is 18.2. The lowest BCUT2D eigenvalue weighted by atomic mass is 9.93. The molecule has 3 nitrogen and oxygen atoms in total. The Labute approximate surface area is 107 Å². The molecule has 0 radical (unpaired) electrons. The molecule has 94 valence electrons. The molecule has 1 aromatic heterocycles. The first kappa shape index (κ1) is 12.7. The smallest absolute Gasteiger partial charge is 0.135 e. The number of carbonyl (C=O) groups is 1. The van der Waals surface area contributed by atoms with E-state index in [0.717, 1.165) is 19.6 Å². The number of thiazole rings is 1. The number of hydrogen-bond acceptors (Lipinski definition) is 4. The number of likely N-dealkylation sites (tertiary alicyclic amines) is 1. The van der Waals surface area contributed by atoms with Gasteiger partial charge in [-0.15, -0.1) is 11.3 Å². The monoisotopic (exact) mass is 252 g/mol. The van der Waals surface area contributed by atoms with Crippen molar-refractivity contribution in [3.05, 3.63) is 16.1 Å². The molecule has 1 aromatic rings. The van der Waals surface area contributed by atoms with Crippen molar-refractivity contribution in [3.63, 3.8) is 0 Å². The van der Waals surface area contributed by atoms with Gasteiger partial charge in [0.25, 0.3) is 0 Å². The molecule has 0 aliphatic carbocycles. The molecule has 0 unspecified atom stereocenters. The lowest BCUT2D eigenvalue weighted by molar-refractivity contribution is -0.121. The fourth-order valence-electron chi connectivity index (χ4n) is 1.88. The highest BCUT2D eigenvalue weighted by atomic mass is 32.1. The quantitative estimate of drug-likeness (QED) is 0.811. The first-order valence-corrected chi connectivity index (χ1v) is 7.02. The second-order valence-corrected chi connectivity index (χ2v) is 6.63. The number of piperidine rings is 1. The number of hydrogen-bond donors (Lipinski definition) is 0. The fourth-order valence-corrected chi connectivity index (χ4v) is 2.94. The highest BCUT2D eigenvalue weighted by Gasteiger charge is 2.20. The second-order valence-electron chi connectivity index (χ2n) is 5.69. The predicted octanol–water partition coefficient (Wildman–Crippen LogP) is 2.61. The van der Waals surface area contributed by atoms with Gasteiger partial charge in [0.05, 0.1) is 12.2 Å². The van der Waals surface area contributed by atoms with Crippen molar-refractivity contribution >= 4 is 17.1 Å². The van der Waals surface area contributed by atoms with Crippen LogP contribution in [-0.4, -0.2) is 28.8 Å². The summed E-state index contributed by atoms with van der Waals surface area (Å²) in [7, 11) is 0. The van der Waals surface area contributed by atoms with Crippen molar-refractivity contribution < 1.29 is 4.79 Å². The average molecular weight is 252 g/mol. The maximum Gasteiger partial charge on any atom is 0.135 e. The van der Waals surface area contributed by atoms with E-state index < -0.39 is 0 Å². The van der Waals surface area contributed by atoms with Crippen LogP contribution in [0.25, 0.3) is 0 Å². The minimum atomic E-state index is 0.132. The summed E-state index contributed by atoms with van der Waals surface area (Å²) in [6.45, 7) is 9.24. The van der Waals surface area contributed by atoms with E-state index in [9.17, 15) is 4.79 Å². The Morgan fingerprint density at radius 1 is 1.35 bits per heavy atom. The minimum absolute atomic E-state index is 0.132. The number of ketones is 1. The van der Waals surface area contributed by atoms with E-state index >= 15 is 0 Å². The van der Waals surface area contributed by atoms with Crippen molar-refractivity contribution in [1.82, 2.24) is 9.88 Å². The Morgan fingerprint density at radius 2 is 2.00 bits per heavy atom. The lowest BCUT2D eigenvalue weighted by Crippen LogP contribution is -2.33. The van der Waals surface area contributed by atoms with Crippen LogP contribution in [0.3, 0.4) is 0 Å². The zero-order valence-corrected chi connectivity index (χ0v) is 11.6. The third-order valence-electron chi connectivity index (χ3n) is 3.09. The van der Waals surface area contributed by atoms with Gasteiger partial charge in [0.1, 0.15) is 10.8 Å². The van der Waals surface area contributed by atoms with Crippen LogP contribution < -0.4 is 0 Å². The van der Waals surface area contributed by atoms with Gasteiger partial charge in [-0.1, -0.05) is 20.8 Å². The van der Waals surface area contributed by atoms with Gasteiger partial charge >= 0.3 is 0 Å². The van der Waals surface area contributed by atoms with Gasteiger partial charge in [-0.05, 0) is 0 Å². The largest absolute Gasteiger partial charge is 0.300 e. The molecule has 1 saturated heterocycles. The summed E-state index contributed by atoms with van der Waals surface area (Å²) in [5.41, 5.74) is 1.30. The number of carbonyl (C=O) groups excluding carboxylic acids is 1. The molecule has 17 heavy (non-hydrogen) atoms. The summed E-state index contributed by atoms with van der Waals surface area (Å²) < 4.78 is 0. The van der Waals surface area contributed by atoms with Crippen LogP contribution in [0.2, 0.25) is 0 Å². The maximum absolute atomic E-state index is 11.2. The van der Waals surface area contributed by atoms with Crippen molar-refractivity contribution in [2.45, 2.75) is 45.6 Å². The SMILES string of the molecule is CC(C)(C)c1csc(CN2CCC(=O)CC2)n1. The Hall–Kier alpha value is -0.740. The van der Waals surface area contributed by atoms with E-state index in [-0.39, 0.29) is 5.41 Å². The van der Waals surface area contributed by atoms with Crippen molar-refractivity contribution in [2.75, 3.05) is 13.1 Å². The second kappa shape index (κ2) is 4.86. The van der Waals surface area contributed by atoms with Gasteiger partial charge in [0.2, 0.25) is 0 Å². The summed E-state index contributed by atoms with van der Waals surface area (Å²) in [5.74, 6) is 0.399. The van der Waals surface area contributed by atoms with E-state index in [0.29, 0.717) is 18.6 Å². The van der Waals surface area contributed by atoms with E-state index in [1.54, 1.807) is 11.3 Å². The number of aromatic nitrogens is 1. The van der Waals surface area contributed by atoms with Gasteiger partial charge < -0.3 is 0 Å². The fraction of sp³-hybridized carbons (Fsp3) is 0.692. The highest BCUT2D eigenvalue weighted by Crippen LogP contribution is 2.24. The van der Waals surface area contributed by atoms with Crippen molar-refractivity contribution in [3.8, 4) is 0 Å². The van der Waals surface area contributed by atoms with Gasteiger partial charge in [-0.25, -0.2) is 4.98 Å². The first-order valence-electron chi connectivity index (χ1n) is 6.14. The summed E-state index contributed by atoms with van der Waals surface area (Å²) in [6, 6.07) is 0. The molecule has 0 aromatic carbocycles. The average Bonchev–Trinajstić information content (AvgIpc) is 2.69. The molecule has 0 spiro atoms. The van der Waals surface area contributed by atoms with Crippen LogP contribution in [0.5, 0.6) is 0 Å². The molecular weight excluding hydrogens is 232 g/mol. The summed E-state index contributed by atoms with van der Waals surface area (Å²) in [5, 5.41) is 3.33. The molecule has 0 N–H and O–H groups in total. The normalized spacial score (nSPS) is 18.6. The Balaban J connectivity index is 1.95. The Morgan fingerprint density at radius 3 is 2.53 bits per heavy atom. The molecule has 1 aliphatic heterocycles. The molecule has 0 bridgehead atoms. The van der Waals surface area contributed by atoms with Crippen molar-refractivity contribution in [2.24, 2.45) is 0 Å². The van der Waals surface area contributed by atoms with Gasteiger partial charge in [0, 0.05) is 36.7 Å². The zero-order valence-electron chi connectivity index (χ0n) is 10.8. The van der Waals surface area contributed by atoms with E-state index in [2.05, 4.69) is 36.0 Å². The molecule has 1 aliphatic rings. The number of nitrogens with zero attached hydrogens (tertiary/aromatic N) is 2. The van der Waals surface area contributed by atoms with Crippen LogP contribution >= 0.6 is 11.3 Å². The molecule has 4 heteroatoms. The van der Waals surface area contributed by atoms with Gasteiger partial charge in [-0.2, -0.15) is 0 Å². The molecule has 1 fully saturated rings. The number of Topliss-reactive ketones (excluding diaryl/α,β-unsaturated/α-hetero) is 1. The number of rotatable bonds is 2. The lowest BCUT2D eigenvalue weighted by Gasteiger charge is -2.24. The van der Waals surface area contributed by atoms with E-state index in [1.807, 2.05) is 0 Å². The van der Waals surface area contributed by atoms with Crippen LogP contribution in [0.4, 0.5) is 0 Å². The Bertz CT molecular complexity index is 396. The zero-order chi connectivity index (χ0) is 12.5. The van der Waals surface area contributed by atoms with Crippen LogP contribution in [0.1, 0.15) is 44.3 Å². The van der Waals surface area contributed by atoms with Gasteiger partial charge in [0.15, 0.2) is 0 Å². The Kier molecular flexibility index (Phi) is 3.64. The third kappa shape index (κ3) is 3.36. The molecule has 0 saturated carbocycles. The molecule has 0 atom stereocenters. The van der Waals surface area contributed by atoms with Crippen molar-refractivity contribution in [1.29, 1.82) is 0 Å². The van der Waals surface area contributed by atoms with Crippen LogP contribution in [0, 0.1) is 0 Å². The third-order valence-corrected chi connectivity index (χ3v) is 3.93.